The third kappa shape index (κ3) is 6.75. The van der Waals surface area contributed by atoms with Gasteiger partial charge in [0.25, 0.3) is 0 Å². The summed E-state index contributed by atoms with van der Waals surface area (Å²) in [5.74, 6) is 0.803. The molecule has 1 aliphatic heterocycles. The molecule has 29 heavy (non-hydrogen) atoms. The first-order chi connectivity index (χ1) is 13.8. The normalized spacial score (nSPS) is 17.1. The minimum absolute atomic E-state index is 0.0562. The van der Waals surface area contributed by atoms with E-state index in [9.17, 15) is 4.79 Å². The van der Waals surface area contributed by atoms with Crippen molar-refractivity contribution in [1.29, 1.82) is 0 Å². The zero-order chi connectivity index (χ0) is 20.9. The molecule has 0 aromatic heterocycles. The number of morpholine rings is 1. The minimum atomic E-state index is -0.495. The Morgan fingerprint density at radius 2 is 1.93 bits per heavy atom. The van der Waals surface area contributed by atoms with Gasteiger partial charge in [0, 0.05) is 13.0 Å². The van der Waals surface area contributed by atoms with Crippen LogP contribution in [0.15, 0.2) is 53.0 Å². The second kappa shape index (κ2) is 9.63. The first-order valence-electron chi connectivity index (χ1n) is 9.85. The SMILES string of the molecule is CC(C)(C)OC(=O)N1CCO[C@H](Cc2ccc(OCc3ccccc3)c(Br)c2)C1. The summed E-state index contributed by atoms with van der Waals surface area (Å²) in [6, 6.07) is 16.1. The van der Waals surface area contributed by atoms with Crippen LogP contribution in [0.2, 0.25) is 0 Å². The van der Waals surface area contributed by atoms with Gasteiger partial charge >= 0.3 is 6.09 Å². The van der Waals surface area contributed by atoms with Gasteiger partial charge < -0.3 is 19.1 Å². The zero-order valence-corrected chi connectivity index (χ0v) is 18.8. The van der Waals surface area contributed by atoms with E-state index in [0.717, 1.165) is 27.8 Å². The van der Waals surface area contributed by atoms with Crippen LogP contribution in [0.4, 0.5) is 4.79 Å². The summed E-state index contributed by atoms with van der Waals surface area (Å²) in [6.45, 7) is 7.75. The maximum Gasteiger partial charge on any atom is 0.410 e. The van der Waals surface area contributed by atoms with Crippen molar-refractivity contribution < 1.29 is 19.0 Å². The Morgan fingerprint density at radius 3 is 2.62 bits per heavy atom. The van der Waals surface area contributed by atoms with Crippen LogP contribution in [0.3, 0.4) is 0 Å². The van der Waals surface area contributed by atoms with Crippen molar-refractivity contribution in [1.82, 2.24) is 4.90 Å². The number of nitrogens with zero attached hydrogens (tertiary/aromatic N) is 1. The predicted octanol–water partition coefficient (Wildman–Crippen LogP) is 5.21. The van der Waals surface area contributed by atoms with E-state index in [1.165, 1.54) is 0 Å². The molecule has 1 heterocycles. The number of carbonyl (C=O) groups is 1. The van der Waals surface area contributed by atoms with Gasteiger partial charge in [0.15, 0.2) is 0 Å². The highest BCUT2D eigenvalue weighted by Crippen LogP contribution is 2.28. The van der Waals surface area contributed by atoms with Gasteiger partial charge in [-0.15, -0.1) is 0 Å². The molecule has 0 radical (unpaired) electrons. The fourth-order valence-electron chi connectivity index (χ4n) is 3.12. The van der Waals surface area contributed by atoms with Crippen LogP contribution in [-0.2, 0) is 22.5 Å². The molecule has 1 aliphatic rings. The van der Waals surface area contributed by atoms with Gasteiger partial charge in [0.1, 0.15) is 18.0 Å². The Bertz CT molecular complexity index is 819. The average Bonchev–Trinajstić information content (AvgIpc) is 2.67. The molecule has 0 saturated carbocycles. The number of halogens is 1. The summed E-state index contributed by atoms with van der Waals surface area (Å²) in [5.41, 5.74) is 1.76. The van der Waals surface area contributed by atoms with Crippen LogP contribution in [0, 0.1) is 0 Å². The van der Waals surface area contributed by atoms with E-state index in [2.05, 4.69) is 22.0 Å². The number of ether oxygens (including phenoxy) is 3. The fraction of sp³-hybridized carbons (Fsp3) is 0.435. The molecular weight excluding hydrogens is 434 g/mol. The second-order valence-corrected chi connectivity index (χ2v) is 9.02. The highest BCUT2D eigenvalue weighted by molar-refractivity contribution is 9.10. The first-order valence-corrected chi connectivity index (χ1v) is 10.6. The third-order valence-corrected chi connectivity index (χ3v) is 5.11. The van der Waals surface area contributed by atoms with Gasteiger partial charge in [-0.3, -0.25) is 0 Å². The standard InChI is InChI=1S/C23H28BrNO4/c1-23(2,3)29-22(26)25-11-12-27-19(15-25)13-18-9-10-21(20(24)14-18)28-16-17-7-5-4-6-8-17/h4-10,14,19H,11-13,15-16H2,1-3H3/t19-/m1/s1. The molecule has 1 fully saturated rings. The van der Waals surface area contributed by atoms with Crippen LogP contribution in [0.1, 0.15) is 31.9 Å². The van der Waals surface area contributed by atoms with Gasteiger partial charge in [0.05, 0.1) is 23.7 Å². The van der Waals surface area contributed by atoms with E-state index >= 15 is 0 Å². The quantitative estimate of drug-likeness (QED) is 0.613. The maximum absolute atomic E-state index is 12.3. The molecule has 1 amide bonds. The summed E-state index contributed by atoms with van der Waals surface area (Å²) in [4.78, 5) is 14.1. The topological polar surface area (TPSA) is 48.0 Å². The van der Waals surface area contributed by atoms with Crippen molar-refractivity contribution in [3.63, 3.8) is 0 Å². The summed E-state index contributed by atoms with van der Waals surface area (Å²) < 4.78 is 18.2. The largest absolute Gasteiger partial charge is 0.488 e. The lowest BCUT2D eigenvalue weighted by Gasteiger charge is -2.34. The Balaban J connectivity index is 1.56. The van der Waals surface area contributed by atoms with Crippen molar-refractivity contribution >= 4 is 22.0 Å². The molecule has 5 nitrogen and oxygen atoms in total. The maximum atomic E-state index is 12.3. The van der Waals surface area contributed by atoms with E-state index in [0.29, 0.717) is 26.3 Å². The summed E-state index contributed by atoms with van der Waals surface area (Å²) in [6.07, 6.45) is 0.382. The number of rotatable bonds is 5. The van der Waals surface area contributed by atoms with E-state index < -0.39 is 5.60 Å². The molecule has 1 saturated heterocycles. The van der Waals surface area contributed by atoms with Gasteiger partial charge in [-0.2, -0.15) is 0 Å². The summed E-state index contributed by atoms with van der Waals surface area (Å²) in [7, 11) is 0. The van der Waals surface area contributed by atoms with Crippen molar-refractivity contribution in [3.05, 3.63) is 64.1 Å². The summed E-state index contributed by atoms with van der Waals surface area (Å²) >= 11 is 3.60. The third-order valence-electron chi connectivity index (χ3n) is 4.49. The van der Waals surface area contributed by atoms with Gasteiger partial charge in [0.2, 0.25) is 0 Å². The lowest BCUT2D eigenvalue weighted by molar-refractivity contribution is -0.0415. The number of amides is 1. The Labute approximate surface area is 181 Å². The van der Waals surface area contributed by atoms with Gasteiger partial charge in [-0.1, -0.05) is 36.4 Å². The van der Waals surface area contributed by atoms with Crippen LogP contribution in [0.25, 0.3) is 0 Å². The molecule has 2 aromatic rings. The second-order valence-electron chi connectivity index (χ2n) is 8.16. The molecule has 0 unspecified atom stereocenters. The Morgan fingerprint density at radius 1 is 1.17 bits per heavy atom. The van der Waals surface area contributed by atoms with Gasteiger partial charge in [-0.25, -0.2) is 4.79 Å². The minimum Gasteiger partial charge on any atom is -0.488 e. The molecular formula is C23H28BrNO4. The van der Waals surface area contributed by atoms with Crippen LogP contribution in [0.5, 0.6) is 5.75 Å². The molecule has 0 N–H and O–H groups in total. The van der Waals surface area contributed by atoms with Crippen LogP contribution in [-0.4, -0.2) is 42.4 Å². The molecule has 0 aliphatic carbocycles. The molecule has 2 aromatic carbocycles. The molecule has 1 atom stereocenters. The smallest absolute Gasteiger partial charge is 0.410 e. The average molecular weight is 462 g/mol. The van der Waals surface area contributed by atoms with E-state index in [1.54, 1.807) is 4.90 Å². The summed E-state index contributed by atoms with van der Waals surface area (Å²) in [5, 5.41) is 0. The van der Waals surface area contributed by atoms with Crippen LogP contribution < -0.4 is 4.74 Å². The molecule has 0 bridgehead atoms. The van der Waals surface area contributed by atoms with Crippen molar-refractivity contribution in [2.45, 2.75) is 45.5 Å². The highest BCUT2D eigenvalue weighted by atomic mass is 79.9. The lowest BCUT2D eigenvalue weighted by Crippen LogP contribution is -2.48. The van der Waals surface area contributed by atoms with Crippen LogP contribution >= 0.6 is 15.9 Å². The molecule has 156 valence electrons. The van der Waals surface area contributed by atoms with E-state index in [4.69, 9.17) is 14.2 Å². The Hall–Kier alpha value is -2.05. The first kappa shape index (κ1) is 21.7. The number of carbonyl (C=O) groups excluding carboxylic acids is 1. The van der Waals surface area contributed by atoms with E-state index in [1.807, 2.05) is 63.2 Å². The number of hydrogen-bond donors (Lipinski definition) is 0. The molecule has 6 heteroatoms. The monoisotopic (exact) mass is 461 g/mol. The zero-order valence-electron chi connectivity index (χ0n) is 17.2. The number of benzene rings is 2. The Kier molecular flexibility index (Phi) is 7.19. The molecule has 0 spiro atoms. The predicted molar refractivity (Wildman–Crippen MR) is 116 cm³/mol. The highest BCUT2D eigenvalue weighted by Gasteiger charge is 2.28. The van der Waals surface area contributed by atoms with Crippen molar-refractivity contribution in [2.75, 3.05) is 19.7 Å². The van der Waals surface area contributed by atoms with E-state index in [-0.39, 0.29) is 12.2 Å². The lowest BCUT2D eigenvalue weighted by atomic mass is 10.1. The van der Waals surface area contributed by atoms with Crippen molar-refractivity contribution in [2.24, 2.45) is 0 Å². The number of hydrogen-bond acceptors (Lipinski definition) is 4. The fourth-order valence-corrected chi connectivity index (χ4v) is 3.66. The van der Waals surface area contributed by atoms with Gasteiger partial charge in [-0.05, 0) is 60.0 Å². The molecule has 3 rings (SSSR count). The van der Waals surface area contributed by atoms with Crippen molar-refractivity contribution in [3.8, 4) is 5.75 Å².